The second-order valence-corrected chi connectivity index (χ2v) is 8.01. The molecule has 1 heterocycles. The smallest absolute Gasteiger partial charge is 0.270 e. The van der Waals surface area contributed by atoms with E-state index in [2.05, 4.69) is 20.2 Å². The molecule has 1 saturated carbocycles. The van der Waals surface area contributed by atoms with Crippen LogP contribution < -0.4 is 10.0 Å². The monoisotopic (exact) mass is 338 g/mol. The van der Waals surface area contributed by atoms with Crippen LogP contribution in [-0.4, -0.2) is 35.9 Å². The standard InChI is InChI=1S/C10H15ClN4O3S2/c1-6(16)12-9-13-14-10(19-9)20(17,18)15-8-5-3-2-4-7(8)11/h7-8,15H,2-5H2,1H3,(H,12,13,16). The molecule has 1 aliphatic rings. The number of aromatic nitrogens is 2. The van der Waals surface area contributed by atoms with Gasteiger partial charge in [-0.1, -0.05) is 24.2 Å². The van der Waals surface area contributed by atoms with Crippen LogP contribution in [0.2, 0.25) is 0 Å². The third kappa shape index (κ3) is 3.87. The fourth-order valence-corrected chi connectivity index (χ4v) is 4.68. The van der Waals surface area contributed by atoms with E-state index >= 15 is 0 Å². The van der Waals surface area contributed by atoms with Gasteiger partial charge in [0.1, 0.15) is 0 Å². The molecule has 1 aromatic heterocycles. The van der Waals surface area contributed by atoms with Crippen LogP contribution in [-0.2, 0) is 14.8 Å². The van der Waals surface area contributed by atoms with E-state index in [-0.39, 0.29) is 26.8 Å². The number of nitrogens with one attached hydrogen (secondary N) is 2. The summed E-state index contributed by atoms with van der Waals surface area (Å²) >= 11 is 6.94. The number of hydrogen-bond donors (Lipinski definition) is 2. The molecule has 0 aliphatic heterocycles. The summed E-state index contributed by atoms with van der Waals surface area (Å²) in [5.41, 5.74) is 0. The lowest BCUT2D eigenvalue weighted by Gasteiger charge is -2.26. The van der Waals surface area contributed by atoms with Crippen molar-refractivity contribution in [2.45, 2.75) is 48.4 Å². The predicted molar refractivity (Wildman–Crippen MR) is 76.4 cm³/mol. The van der Waals surface area contributed by atoms with Crippen molar-refractivity contribution in [3.05, 3.63) is 0 Å². The number of hydrogen-bond acceptors (Lipinski definition) is 6. The van der Waals surface area contributed by atoms with Crippen molar-refractivity contribution >= 4 is 44.0 Å². The minimum Gasteiger partial charge on any atom is -0.301 e. The van der Waals surface area contributed by atoms with Crippen molar-refractivity contribution in [2.75, 3.05) is 5.32 Å². The lowest BCUT2D eigenvalue weighted by molar-refractivity contribution is -0.114. The zero-order valence-corrected chi connectivity index (χ0v) is 13.2. The van der Waals surface area contributed by atoms with Crippen LogP contribution in [0.5, 0.6) is 0 Å². The molecule has 7 nitrogen and oxygen atoms in total. The normalized spacial score (nSPS) is 23.5. The fraction of sp³-hybridized carbons (Fsp3) is 0.700. The third-order valence-corrected chi connectivity index (χ3v) is 6.13. The number of nitrogens with zero attached hydrogens (tertiary/aromatic N) is 2. The second-order valence-electron chi connectivity index (χ2n) is 4.58. The first-order valence-corrected chi connectivity index (χ1v) is 8.89. The molecule has 0 saturated heterocycles. The molecule has 0 radical (unpaired) electrons. The third-order valence-electron chi connectivity index (χ3n) is 2.91. The first-order chi connectivity index (χ1) is 9.38. The summed E-state index contributed by atoms with van der Waals surface area (Å²) < 4.78 is 26.7. The molecule has 112 valence electrons. The molecule has 0 spiro atoms. The summed E-state index contributed by atoms with van der Waals surface area (Å²) in [6.45, 7) is 1.31. The number of carbonyl (C=O) groups is 1. The van der Waals surface area contributed by atoms with Gasteiger partial charge in [-0.2, -0.15) is 0 Å². The van der Waals surface area contributed by atoms with Crippen LogP contribution >= 0.6 is 22.9 Å². The molecule has 2 unspecified atom stereocenters. The maximum absolute atomic E-state index is 12.2. The van der Waals surface area contributed by atoms with E-state index in [1.54, 1.807) is 0 Å². The van der Waals surface area contributed by atoms with Gasteiger partial charge < -0.3 is 5.32 Å². The Kier molecular flexibility index (Phi) is 4.95. The maximum atomic E-state index is 12.2. The summed E-state index contributed by atoms with van der Waals surface area (Å²) in [5, 5.41) is 9.56. The first kappa shape index (κ1) is 15.6. The van der Waals surface area contributed by atoms with Gasteiger partial charge in [0.25, 0.3) is 10.0 Å². The summed E-state index contributed by atoms with van der Waals surface area (Å²) in [7, 11) is -3.75. The van der Waals surface area contributed by atoms with Gasteiger partial charge in [0, 0.05) is 18.3 Å². The number of amides is 1. The lowest BCUT2D eigenvalue weighted by atomic mass is 9.96. The molecular weight excluding hydrogens is 324 g/mol. The fourth-order valence-electron chi connectivity index (χ4n) is 1.99. The number of anilines is 1. The average molecular weight is 339 g/mol. The van der Waals surface area contributed by atoms with Gasteiger partial charge in [0.2, 0.25) is 15.4 Å². The maximum Gasteiger partial charge on any atom is 0.270 e. The van der Waals surface area contributed by atoms with Crippen molar-refractivity contribution < 1.29 is 13.2 Å². The Morgan fingerprint density at radius 2 is 2.05 bits per heavy atom. The number of carbonyl (C=O) groups excluding carboxylic acids is 1. The summed E-state index contributed by atoms with van der Waals surface area (Å²) in [5.74, 6) is -0.328. The van der Waals surface area contributed by atoms with E-state index < -0.39 is 10.0 Å². The average Bonchev–Trinajstić information content (AvgIpc) is 2.80. The predicted octanol–water partition coefficient (Wildman–Crippen LogP) is 1.32. The highest BCUT2D eigenvalue weighted by molar-refractivity contribution is 7.91. The van der Waals surface area contributed by atoms with E-state index in [9.17, 15) is 13.2 Å². The van der Waals surface area contributed by atoms with Crippen LogP contribution in [0.15, 0.2) is 4.34 Å². The lowest BCUT2D eigenvalue weighted by Crippen LogP contribution is -2.42. The van der Waals surface area contributed by atoms with Crippen LogP contribution in [0, 0.1) is 0 Å². The van der Waals surface area contributed by atoms with Gasteiger partial charge in [0.15, 0.2) is 0 Å². The Morgan fingerprint density at radius 3 is 2.70 bits per heavy atom. The van der Waals surface area contributed by atoms with Gasteiger partial charge in [-0.15, -0.1) is 21.8 Å². The number of alkyl halides is 1. The number of rotatable bonds is 4. The number of sulfonamides is 1. The van der Waals surface area contributed by atoms with Crippen LogP contribution in [0.4, 0.5) is 5.13 Å². The quantitative estimate of drug-likeness (QED) is 0.637. The highest BCUT2D eigenvalue weighted by Crippen LogP contribution is 2.26. The summed E-state index contributed by atoms with van der Waals surface area (Å²) in [6.07, 6.45) is 3.47. The van der Waals surface area contributed by atoms with Gasteiger partial charge in [-0.3, -0.25) is 4.79 Å². The van der Waals surface area contributed by atoms with Gasteiger partial charge in [-0.05, 0) is 12.8 Å². The molecule has 0 aromatic carbocycles. The van der Waals surface area contributed by atoms with E-state index in [1.165, 1.54) is 6.92 Å². The molecule has 1 fully saturated rings. The Hall–Kier alpha value is -0.770. The molecular formula is C10H15ClN4O3S2. The van der Waals surface area contributed by atoms with Crippen molar-refractivity contribution in [1.82, 2.24) is 14.9 Å². The van der Waals surface area contributed by atoms with Crippen LogP contribution in [0.1, 0.15) is 32.6 Å². The molecule has 2 N–H and O–H groups in total. The highest BCUT2D eigenvalue weighted by atomic mass is 35.5. The number of halogens is 1. The van der Waals surface area contributed by atoms with Gasteiger partial charge >= 0.3 is 0 Å². The molecule has 2 rings (SSSR count). The van der Waals surface area contributed by atoms with Crippen molar-refractivity contribution in [3.8, 4) is 0 Å². The molecule has 20 heavy (non-hydrogen) atoms. The largest absolute Gasteiger partial charge is 0.301 e. The van der Waals surface area contributed by atoms with E-state index in [4.69, 9.17) is 11.6 Å². The molecule has 2 atom stereocenters. The topological polar surface area (TPSA) is 101 Å². The van der Waals surface area contributed by atoms with Crippen LogP contribution in [0.25, 0.3) is 0 Å². The minimum atomic E-state index is -3.75. The molecule has 1 aromatic rings. The molecule has 1 aliphatic carbocycles. The summed E-state index contributed by atoms with van der Waals surface area (Å²) in [4.78, 5) is 10.9. The SMILES string of the molecule is CC(=O)Nc1nnc(S(=O)(=O)NC2CCCCC2Cl)s1. The second kappa shape index (κ2) is 6.33. The van der Waals surface area contributed by atoms with E-state index in [1.807, 2.05) is 0 Å². The molecule has 0 bridgehead atoms. The van der Waals surface area contributed by atoms with Crippen LogP contribution in [0.3, 0.4) is 0 Å². The molecule has 1 amide bonds. The Labute approximate surface area is 126 Å². The van der Waals surface area contributed by atoms with Gasteiger partial charge in [-0.25, -0.2) is 13.1 Å². The van der Waals surface area contributed by atoms with E-state index in [0.717, 1.165) is 30.6 Å². The van der Waals surface area contributed by atoms with Crippen molar-refractivity contribution in [2.24, 2.45) is 0 Å². The summed E-state index contributed by atoms with van der Waals surface area (Å²) in [6, 6.07) is -0.288. The molecule has 10 heteroatoms. The Balaban J connectivity index is 2.09. The van der Waals surface area contributed by atoms with E-state index in [0.29, 0.717) is 6.42 Å². The minimum absolute atomic E-state index is 0.156. The Bertz CT molecular complexity index is 589. The Morgan fingerprint density at radius 1 is 1.35 bits per heavy atom. The highest BCUT2D eigenvalue weighted by Gasteiger charge is 2.30. The zero-order valence-electron chi connectivity index (χ0n) is 10.8. The first-order valence-electron chi connectivity index (χ1n) is 6.16. The zero-order chi connectivity index (χ0) is 14.8. The van der Waals surface area contributed by atoms with Crippen molar-refractivity contribution in [3.63, 3.8) is 0 Å². The van der Waals surface area contributed by atoms with Gasteiger partial charge in [0.05, 0.1) is 0 Å². The van der Waals surface area contributed by atoms with Crippen molar-refractivity contribution in [1.29, 1.82) is 0 Å².